The summed E-state index contributed by atoms with van der Waals surface area (Å²) in [5.41, 5.74) is 6.34. The second-order valence-electron chi connectivity index (χ2n) is 4.16. The first-order chi connectivity index (χ1) is 10.1. The monoisotopic (exact) mass is 341 g/mol. The lowest BCUT2D eigenvalue weighted by Crippen LogP contribution is -2.14. The maximum absolute atomic E-state index is 5.89. The third-order valence-electron chi connectivity index (χ3n) is 2.60. The second-order valence-corrected chi connectivity index (χ2v) is 5.48. The number of rotatable bonds is 6. The van der Waals surface area contributed by atoms with E-state index in [0.717, 1.165) is 0 Å². The first-order valence-electron chi connectivity index (χ1n) is 6.17. The molecule has 0 amide bonds. The predicted octanol–water partition coefficient (Wildman–Crippen LogP) is 4.09. The summed E-state index contributed by atoms with van der Waals surface area (Å²) < 4.78 is 11.2. The summed E-state index contributed by atoms with van der Waals surface area (Å²) in [5, 5.41) is 1.05. The molecular weight excluding hydrogens is 329 g/mol. The van der Waals surface area contributed by atoms with Crippen LogP contribution in [0.25, 0.3) is 0 Å². The Balaban J connectivity index is 1.89. The Morgan fingerprint density at radius 1 is 1.00 bits per heavy atom. The quantitative estimate of drug-likeness (QED) is 0.634. The zero-order valence-corrected chi connectivity index (χ0v) is 13.3. The van der Waals surface area contributed by atoms with Crippen molar-refractivity contribution in [3.63, 3.8) is 0 Å². The molecule has 0 bridgehead atoms. The zero-order chi connectivity index (χ0) is 15.2. The van der Waals surface area contributed by atoms with Gasteiger partial charge in [-0.15, -0.1) is 0 Å². The summed E-state index contributed by atoms with van der Waals surface area (Å²) in [6.07, 6.45) is 0. The maximum atomic E-state index is 5.89. The number of hydrogen-bond acceptors (Lipinski definition) is 3. The second kappa shape index (κ2) is 7.50. The van der Waals surface area contributed by atoms with Crippen molar-refractivity contribution in [1.82, 2.24) is 0 Å². The van der Waals surface area contributed by atoms with Crippen molar-refractivity contribution in [2.45, 2.75) is 0 Å². The van der Waals surface area contributed by atoms with Crippen LogP contribution < -0.4 is 15.2 Å². The molecule has 0 radical (unpaired) electrons. The van der Waals surface area contributed by atoms with Gasteiger partial charge in [-0.25, -0.2) is 0 Å². The van der Waals surface area contributed by atoms with Gasteiger partial charge in [0.1, 0.15) is 29.7 Å². The number of thiocarbonyl (C=S) groups is 1. The molecule has 0 heterocycles. The Morgan fingerprint density at radius 3 is 2.29 bits per heavy atom. The molecule has 0 aliphatic carbocycles. The summed E-state index contributed by atoms with van der Waals surface area (Å²) in [5.74, 6) is 1.23. The van der Waals surface area contributed by atoms with Crippen LogP contribution in [0.5, 0.6) is 11.5 Å². The van der Waals surface area contributed by atoms with Crippen molar-refractivity contribution >= 4 is 40.4 Å². The van der Waals surface area contributed by atoms with Gasteiger partial charge in [0.05, 0.1) is 5.56 Å². The molecule has 0 saturated heterocycles. The van der Waals surface area contributed by atoms with E-state index in [1.807, 2.05) is 24.3 Å². The van der Waals surface area contributed by atoms with Crippen molar-refractivity contribution in [3.05, 3.63) is 58.1 Å². The van der Waals surface area contributed by atoms with Crippen molar-refractivity contribution < 1.29 is 9.47 Å². The lowest BCUT2D eigenvalue weighted by molar-refractivity contribution is 0.217. The predicted molar refractivity (Wildman–Crippen MR) is 89.8 cm³/mol. The molecule has 110 valence electrons. The van der Waals surface area contributed by atoms with Crippen LogP contribution in [0, 0.1) is 0 Å². The van der Waals surface area contributed by atoms with Gasteiger partial charge in [0.2, 0.25) is 0 Å². The summed E-state index contributed by atoms with van der Waals surface area (Å²) in [4.78, 5) is 0.299. The van der Waals surface area contributed by atoms with E-state index in [0.29, 0.717) is 45.3 Å². The number of halogens is 2. The van der Waals surface area contributed by atoms with Gasteiger partial charge in [-0.05, 0) is 30.3 Å². The molecule has 6 heteroatoms. The topological polar surface area (TPSA) is 44.5 Å². The van der Waals surface area contributed by atoms with E-state index in [1.165, 1.54) is 0 Å². The molecule has 2 aromatic carbocycles. The molecule has 0 fully saturated rings. The van der Waals surface area contributed by atoms with Crippen molar-refractivity contribution in [1.29, 1.82) is 0 Å². The van der Waals surface area contributed by atoms with E-state index in [-0.39, 0.29) is 0 Å². The number of para-hydroxylation sites is 1. The van der Waals surface area contributed by atoms with Crippen LogP contribution in [0.1, 0.15) is 5.56 Å². The number of nitrogens with two attached hydrogens (primary N) is 1. The smallest absolute Gasteiger partial charge is 0.129 e. The summed E-state index contributed by atoms with van der Waals surface area (Å²) in [6, 6.07) is 12.4. The Bertz CT molecular complexity index is 629. The fourth-order valence-corrected chi connectivity index (χ4v) is 2.39. The Labute approximate surface area is 138 Å². The van der Waals surface area contributed by atoms with Gasteiger partial charge >= 0.3 is 0 Å². The third kappa shape index (κ3) is 4.77. The fraction of sp³-hybridized carbons (Fsp3) is 0.133. The summed E-state index contributed by atoms with van der Waals surface area (Å²) >= 11 is 16.8. The molecule has 2 rings (SSSR count). The van der Waals surface area contributed by atoms with Gasteiger partial charge in [-0.2, -0.15) is 0 Å². The molecular formula is C15H13Cl2NO2S. The highest BCUT2D eigenvalue weighted by Crippen LogP contribution is 2.24. The molecule has 0 aromatic heterocycles. The van der Waals surface area contributed by atoms with Crippen LogP contribution in [-0.4, -0.2) is 18.2 Å². The van der Waals surface area contributed by atoms with E-state index < -0.39 is 0 Å². The van der Waals surface area contributed by atoms with E-state index in [2.05, 4.69) is 0 Å². The maximum Gasteiger partial charge on any atom is 0.129 e. The average Bonchev–Trinajstić information content (AvgIpc) is 2.43. The highest BCUT2D eigenvalue weighted by atomic mass is 35.5. The molecule has 2 aromatic rings. The highest BCUT2D eigenvalue weighted by Gasteiger charge is 2.05. The van der Waals surface area contributed by atoms with Crippen LogP contribution in [0.3, 0.4) is 0 Å². The van der Waals surface area contributed by atoms with Crippen LogP contribution in [0.2, 0.25) is 10.0 Å². The molecule has 0 saturated carbocycles. The minimum atomic E-state index is 0.299. The third-order valence-corrected chi connectivity index (χ3v) is 3.25. The number of ether oxygens (including phenoxy) is 2. The van der Waals surface area contributed by atoms with E-state index in [9.17, 15) is 0 Å². The van der Waals surface area contributed by atoms with Crippen LogP contribution >= 0.6 is 35.4 Å². The molecule has 21 heavy (non-hydrogen) atoms. The van der Waals surface area contributed by atoms with Crippen molar-refractivity contribution in [2.75, 3.05) is 13.2 Å². The van der Waals surface area contributed by atoms with Gasteiger partial charge in [-0.1, -0.05) is 47.6 Å². The first kappa shape index (κ1) is 15.9. The fourth-order valence-electron chi connectivity index (χ4n) is 1.72. The zero-order valence-electron chi connectivity index (χ0n) is 11.0. The number of hydrogen-bond donors (Lipinski definition) is 1. The first-order valence-corrected chi connectivity index (χ1v) is 7.33. The Hall–Kier alpha value is -1.49. The molecule has 2 N–H and O–H groups in total. The molecule has 3 nitrogen and oxygen atoms in total. The normalized spacial score (nSPS) is 10.2. The molecule has 0 aliphatic rings. The van der Waals surface area contributed by atoms with E-state index in [1.54, 1.807) is 18.2 Å². The average molecular weight is 342 g/mol. The van der Waals surface area contributed by atoms with Gasteiger partial charge in [0.15, 0.2) is 0 Å². The van der Waals surface area contributed by atoms with Crippen LogP contribution in [0.4, 0.5) is 0 Å². The number of benzene rings is 2. The van der Waals surface area contributed by atoms with Crippen molar-refractivity contribution in [3.8, 4) is 11.5 Å². The Kier molecular flexibility index (Phi) is 5.67. The standard InChI is InChI=1S/C15H13Cl2NO2S/c16-10-7-11(17)9-12(8-10)19-5-6-20-14-4-2-1-3-13(14)15(18)21/h1-4,7-9H,5-6H2,(H2,18,21). The van der Waals surface area contributed by atoms with E-state index >= 15 is 0 Å². The summed E-state index contributed by atoms with van der Waals surface area (Å²) in [7, 11) is 0. The molecule has 0 aliphatic heterocycles. The largest absolute Gasteiger partial charge is 0.490 e. The molecule has 0 atom stereocenters. The SMILES string of the molecule is NC(=S)c1ccccc1OCCOc1cc(Cl)cc(Cl)c1. The minimum Gasteiger partial charge on any atom is -0.490 e. The minimum absolute atomic E-state index is 0.299. The van der Waals surface area contributed by atoms with Crippen LogP contribution in [0.15, 0.2) is 42.5 Å². The molecule has 0 spiro atoms. The highest BCUT2D eigenvalue weighted by molar-refractivity contribution is 7.80. The Morgan fingerprint density at radius 2 is 1.62 bits per heavy atom. The molecule has 0 unspecified atom stereocenters. The van der Waals surface area contributed by atoms with Gasteiger partial charge in [-0.3, -0.25) is 0 Å². The van der Waals surface area contributed by atoms with E-state index in [4.69, 9.17) is 50.6 Å². The lowest BCUT2D eigenvalue weighted by Gasteiger charge is -2.11. The van der Waals surface area contributed by atoms with Crippen molar-refractivity contribution in [2.24, 2.45) is 5.73 Å². The lowest BCUT2D eigenvalue weighted by atomic mass is 10.2. The van der Waals surface area contributed by atoms with Gasteiger partial charge < -0.3 is 15.2 Å². The van der Waals surface area contributed by atoms with Gasteiger partial charge in [0.25, 0.3) is 0 Å². The van der Waals surface area contributed by atoms with Crippen LogP contribution in [-0.2, 0) is 0 Å². The summed E-state index contributed by atoms with van der Waals surface area (Å²) in [6.45, 7) is 0.700. The van der Waals surface area contributed by atoms with Gasteiger partial charge in [0, 0.05) is 10.0 Å².